The molecule has 1 fully saturated rings. The minimum atomic E-state index is -0.570. The van der Waals surface area contributed by atoms with E-state index >= 15 is 0 Å². The van der Waals surface area contributed by atoms with Gasteiger partial charge in [-0.2, -0.15) is 11.8 Å². The van der Waals surface area contributed by atoms with Gasteiger partial charge in [-0.25, -0.2) is 5.01 Å². The third-order valence-electron chi connectivity index (χ3n) is 6.21. The second-order valence-electron chi connectivity index (χ2n) is 9.26. The lowest BCUT2D eigenvalue weighted by molar-refractivity contribution is -0.143. The topological polar surface area (TPSA) is 70.7 Å². The molecule has 1 heterocycles. The molecule has 0 aromatic heterocycles. The molecule has 0 radical (unpaired) electrons. The number of ether oxygens (including phenoxy) is 1. The number of morpholine rings is 1. The van der Waals surface area contributed by atoms with Crippen LogP contribution in [0.15, 0.2) is 0 Å². The first kappa shape index (κ1) is 30.2. The maximum absolute atomic E-state index is 12.2. The summed E-state index contributed by atoms with van der Waals surface area (Å²) in [6, 6.07) is 0. The highest BCUT2D eigenvalue weighted by Gasteiger charge is 2.19. The average Bonchev–Trinajstić information content (AvgIpc) is 2.83. The lowest BCUT2D eigenvalue weighted by Gasteiger charge is -2.26. The van der Waals surface area contributed by atoms with Crippen molar-refractivity contribution >= 4 is 23.6 Å². The Bertz CT molecular complexity index is 487. The normalized spacial score (nSPS) is 15.3. The van der Waals surface area contributed by atoms with Crippen LogP contribution >= 0.6 is 11.8 Å². The fourth-order valence-electron chi connectivity index (χ4n) is 4.07. The van der Waals surface area contributed by atoms with Gasteiger partial charge in [0, 0.05) is 24.9 Å². The number of carbonyl (C=O) groups is 2. The number of hydrazine groups is 1. The highest BCUT2D eigenvalue weighted by atomic mass is 32.2. The molecule has 0 aromatic rings. The van der Waals surface area contributed by atoms with E-state index in [1.165, 1.54) is 95.6 Å². The number of unbranched alkanes of at least 4 members (excludes halogenated alkanes) is 11. The van der Waals surface area contributed by atoms with Gasteiger partial charge >= 0.3 is 11.8 Å². The quantitative estimate of drug-likeness (QED) is 0.177. The van der Waals surface area contributed by atoms with Crippen molar-refractivity contribution in [1.29, 1.82) is 0 Å². The van der Waals surface area contributed by atoms with Crippen LogP contribution in [0, 0.1) is 0 Å². The number of nitrogens with zero attached hydrogens (tertiary/aromatic N) is 1. The zero-order valence-electron chi connectivity index (χ0n) is 21.5. The molecule has 2 amide bonds. The molecule has 0 spiro atoms. The number of thioether (sulfide) groups is 1. The molecule has 1 saturated heterocycles. The molecule has 0 saturated carbocycles. The largest absolute Gasteiger partial charge is 0.379 e. The Balaban J connectivity index is 2.22. The van der Waals surface area contributed by atoms with Gasteiger partial charge in [0.1, 0.15) is 0 Å². The van der Waals surface area contributed by atoms with E-state index in [0.717, 1.165) is 6.42 Å². The van der Waals surface area contributed by atoms with Crippen LogP contribution in [0.25, 0.3) is 0 Å². The van der Waals surface area contributed by atoms with E-state index in [1.54, 1.807) is 5.01 Å². The molecule has 33 heavy (non-hydrogen) atoms. The van der Waals surface area contributed by atoms with Crippen molar-refractivity contribution in [2.75, 3.05) is 38.6 Å². The van der Waals surface area contributed by atoms with Crippen LogP contribution in [-0.4, -0.2) is 60.7 Å². The van der Waals surface area contributed by atoms with E-state index in [9.17, 15) is 9.59 Å². The van der Waals surface area contributed by atoms with Crippen molar-refractivity contribution in [2.24, 2.45) is 0 Å². The summed E-state index contributed by atoms with van der Waals surface area (Å²) in [7, 11) is 0. The molecular formula is C26H51N3O3S. The minimum Gasteiger partial charge on any atom is -0.379 e. The predicted molar refractivity (Wildman–Crippen MR) is 140 cm³/mol. The summed E-state index contributed by atoms with van der Waals surface area (Å²) >= 11 is 2.07. The molecule has 6 nitrogen and oxygen atoms in total. The summed E-state index contributed by atoms with van der Waals surface area (Å²) in [5.41, 5.74) is 2.68. The number of carbonyl (C=O) groups excluding carboxylic acids is 2. The minimum absolute atomic E-state index is 0.531. The fourth-order valence-corrected chi connectivity index (χ4v) is 5.39. The maximum Gasteiger partial charge on any atom is 0.323 e. The van der Waals surface area contributed by atoms with Crippen LogP contribution < -0.4 is 10.7 Å². The van der Waals surface area contributed by atoms with E-state index in [1.807, 2.05) is 0 Å². The van der Waals surface area contributed by atoms with Gasteiger partial charge < -0.3 is 10.1 Å². The molecule has 0 bridgehead atoms. The van der Waals surface area contributed by atoms with E-state index in [2.05, 4.69) is 36.4 Å². The van der Waals surface area contributed by atoms with Crippen LogP contribution in [0.3, 0.4) is 0 Å². The summed E-state index contributed by atoms with van der Waals surface area (Å²) in [4.78, 5) is 24.3. The molecule has 1 atom stereocenters. The number of amides is 2. The molecule has 0 aromatic carbocycles. The van der Waals surface area contributed by atoms with Gasteiger partial charge in [0.2, 0.25) is 0 Å². The van der Waals surface area contributed by atoms with Gasteiger partial charge in [-0.05, 0) is 25.0 Å². The van der Waals surface area contributed by atoms with Crippen LogP contribution in [0.4, 0.5) is 0 Å². The van der Waals surface area contributed by atoms with Crippen LogP contribution in [0.2, 0.25) is 0 Å². The third kappa shape index (κ3) is 17.3. The number of rotatable bonds is 20. The highest BCUT2D eigenvalue weighted by molar-refractivity contribution is 7.99. The van der Waals surface area contributed by atoms with E-state index < -0.39 is 11.8 Å². The first-order chi connectivity index (χ1) is 16.2. The first-order valence-electron chi connectivity index (χ1n) is 13.7. The Morgan fingerprint density at radius 1 is 0.788 bits per heavy atom. The van der Waals surface area contributed by atoms with Gasteiger partial charge in [-0.1, -0.05) is 90.9 Å². The number of hydrogen-bond donors (Lipinski definition) is 2. The van der Waals surface area contributed by atoms with Crippen LogP contribution in [0.5, 0.6) is 0 Å². The highest BCUT2D eigenvalue weighted by Crippen LogP contribution is 2.23. The predicted octanol–water partition coefficient (Wildman–Crippen LogP) is 5.46. The molecule has 7 heteroatoms. The van der Waals surface area contributed by atoms with Gasteiger partial charge in [0.05, 0.1) is 13.2 Å². The lowest BCUT2D eigenvalue weighted by Crippen LogP contribution is -2.52. The van der Waals surface area contributed by atoms with Crippen molar-refractivity contribution in [3.05, 3.63) is 0 Å². The second-order valence-corrected chi connectivity index (χ2v) is 10.7. The number of hydrogen-bond acceptors (Lipinski definition) is 5. The van der Waals surface area contributed by atoms with Gasteiger partial charge in [-0.15, -0.1) is 0 Å². The Hall–Kier alpha value is -0.790. The molecule has 1 unspecified atom stereocenters. The van der Waals surface area contributed by atoms with Crippen molar-refractivity contribution in [3.8, 4) is 0 Å². The molecular weight excluding hydrogens is 434 g/mol. The third-order valence-corrected chi connectivity index (χ3v) is 7.68. The van der Waals surface area contributed by atoms with Gasteiger partial charge in [-0.3, -0.25) is 15.0 Å². The van der Waals surface area contributed by atoms with Crippen LogP contribution in [-0.2, 0) is 14.3 Å². The zero-order chi connectivity index (χ0) is 24.0. The van der Waals surface area contributed by atoms with Crippen molar-refractivity contribution < 1.29 is 14.3 Å². The summed E-state index contributed by atoms with van der Waals surface area (Å²) in [5.74, 6) is 0.107. The van der Waals surface area contributed by atoms with Crippen molar-refractivity contribution in [2.45, 2.75) is 115 Å². The van der Waals surface area contributed by atoms with Crippen LogP contribution in [0.1, 0.15) is 110 Å². The fraction of sp³-hybridized carbons (Fsp3) is 0.923. The molecule has 2 N–H and O–H groups in total. The first-order valence-corrected chi connectivity index (χ1v) is 14.7. The van der Waals surface area contributed by atoms with Gasteiger partial charge in [0.15, 0.2) is 0 Å². The average molecular weight is 486 g/mol. The maximum atomic E-state index is 12.2. The summed E-state index contributed by atoms with van der Waals surface area (Å²) in [6.07, 6.45) is 19.5. The lowest BCUT2D eigenvalue weighted by atomic mass is 10.1. The Morgan fingerprint density at radius 2 is 1.36 bits per heavy atom. The summed E-state index contributed by atoms with van der Waals surface area (Å²) in [5, 5.41) is 5.15. The molecule has 1 aliphatic rings. The zero-order valence-corrected chi connectivity index (χ0v) is 22.3. The Morgan fingerprint density at radius 3 is 2.00 bits per heavy atom. The number of nitrogens with one attached hydrogen (secondary N) is 2. The Labute approximate surface area is 207 Å². The smallest absolute Gasteiger partial charge is 0.323 e. The molecule has 1 aliphatic heterocycles. The monoisotopic (exact) mass is 485 g/mol. The summed E-state index contributed by atoms with van der Waals surface area (Å²) < 4.78 is 5.26. The van der Waals surface area contributed by atoms with Gasteiger partial charge in [0.25, 0.3) is 0 Å². The SMILES string of the molecule is CCCCCCCCCCSC(CCCCCCC)CCNC(=O)C(=O)NN1CCOCC1. The molecule has 1 rings (SSSR count). The van der Waals surface area contributed by atoms with E-state index in [4.69, 9.17) is 4.74 Å². The standard InChI is InChI=1S/C26H51N3O3S/c1-3-5-7-9-10-11-13-15-23-33-24(16-14-12-8-6-4-2)17-18-27-25(30)26(31)28-29-19-21-32-22-20-29/h24H,3-23H2,1-2H3,(H,27,30)(H,28,31). The van der Waals surface area contributed by atoms with E-state index in [-0.39, 0.29) is 0 Å². The summed E-state index contributed by atoms with van der Waals surface area (Å²) in [6.45, 7) is 7.49. The Kier molecular flexibility index (Phi) is 19.9. The van der Waals surface area contributed by atoms with E-state index in [0.29, 0.717) is 38.1 Å². The molecule has 0 aliphatic carbocycles. The van der Waals surface area contributed by atoms with Crippen molar-refractivity contribution in [1.82, 2.24) is 15.8 Å². The molecule has 194 valence electrons. The van der Waals surface area contributed by atoms with Crippen molar-refractivity contribution in [3.63, 3.8) is 0 Å². The second kappa shape index (κ2) is 21.7.